The molecule has 31 heavy (non-hydrogen) atoms. The molecule has 1 heterocycles. The first-order valence-electron chi connectivity index (χ1n) is 10.5. The van der Waals surface area contributed by atoms with Crippen LogP contribution in [0.25, 0.3) is 34.2 Å². The van der Waals surface area contributed by atoms with Gasteiger partial charge in [0.15, 0.2) is 17.5 Å². The van der Waals surface area contributed by atoms with Crippen LogP contribution in [0.4, 0.5) is 0 Å². The molecule has 0 aliphatic carbocycles. The van der Waals surface area contributed by atoms with Crippen molar-refractivity contribution in [3.63, 3.8) is 0 Å². The summed E-state index contributed by atoms with van der Waals surface area (Å²) in [7, 11) is 1.64. The molecule has 0 fully saturated rings. The van der Waals surface area contributed by atoms with Gasteiger partial charge in [0.2, 0.25) is 0 Å². The van der Waals surface area contributed by atoms with Crippen LogP contribution in [0.5, 0.6) is 11.5 Å². The Morgan fingerprint density at radius 3 is 1.84 bits per heavy atom. The molecule has 156 valence electrons. The first-order chi connectivity index (χ1) is 15.3. The molecule has 0 N–H and O–H groups in total. The van der Waals surface area contributed by atoms with Gasteiger partial charge in [-0.2, -0.15) is 0 Å². The molecular weight excluding hydrogens is 386 g/mol. The van der Waals surface area contributed by atoms with E-state index in [2.05, 4.69) is 6.92 Å². The second kappa shape index (κ2) is 9.85. The van der Waals surface area contributed by atoms with Crippen molar-refractivity contribution >= 4 is 0 Å². The summed E-state index contributed by atoms with van der Waals surface area (Å²) < 4.78 is 11.5. The second-order valence-electron chi connectivity index (χ2n) is 7.10. The summed E-state index contributed by atoms with van der Waals surface area (Å²) in [4.78, 5) is 14.3. The Morgan fingerprint density at radius 2 is 1.29 bits per heavy atom. The maximum atomic E-state index is 5.83. The molecule has 0 spiro atoms. The van der Waals surface area contributed by atoms with E-state index in [1.807, 2.05) is 78.9 Å². The zero-order valence-corrected chi connectivity index (χ0v) is 17.8. The third kappa shape index (κ3) is 4.89. The second-order valence-corrected chi connectivity index (χ2v) is 7.10. The highest BCUT2D eigenvalue weighted by atomic mass is 16.5. The molecule has 4 aromatic rings. The largest absolute Gasteiger partial charge is 0.496 e. The van der Waals surface area contributed by atoms with Crippen molar-refractivity contribution in [2.24, 2.45) is 0 Å². The van der Waals surface area contributed by atoms with E-state index in [-0.39, 0.29) is 0 Å². The van der Waals surface area contributed by atoms with Gasteiger partial charge < -0.3 is 9.47 Å². The van der Waals surface area contributed by atoms with Crippen molar-refractivity contribution in [3.8, 4) is 45.7 Å². The Balaban J connectivity index is 1.80. The van der Waals surface area contributed by atoms with Crippen molar-refractivity contribution in [3.05, 3.63) is 78.9 Å². The van der Waals surface area contributed by atoms with Crippen molar-refractivity contribution in [1.82, 2.24) is 15.0 Å². The van der Waals surface area contributed by atoms with E-state index >= 15 is 0 Å². The lowest BCUT2D eigenvalue weighted by Crippen LogP contribution is -2.02. The lowest BCUT2D eigenvalue weighted by Gasteiger charge is -2.13. The first kappa shape index (κ1) is 20.5. The fourth-order valence-electron chi connectivity index (χ4n) is 3.21. The minimum Gasteiger partial charge on any atom is -0.496 e. The summed E-state index contributed by atoms with van der Waals surface area (Å²) in [6.45, 7) is 2.82. The van der Waals surface area contributed by atoms with Gasteiger partial charge in [-0.3, -0.25) is 0 Å². The van der Waals surface area contributed by atoms with Crippen LogP contribution in [0.15, 0.2) is 78.9 Å². The van der Waals surface area contributed by atoms with Crippen LogP contribution < -0.4 is 9.47 Å². The predicted molar refractivity (Wildman–Crippen MR) is 123 cm³/mol. The number of benzene rings is 3. The molecule has 0 amide bonds. The molecular formula is C26H25N3O2. The Labute approximate surface area is 182 Å². The quantitative estimate of drug-likeness (QED) is 0.330. The van der Waals surface area contributed by atoms with E-state index in [1.165, 1.54) is 0 Å². The molecule has 0 unspecified atom stereocenters. The highest BCUT2D eigenvalue weighted by Crippen LogP contribution is 2.33. The third-order valence-electron chi connectivity index (χ3n) is 4.88. The van der Waals surface area contributed by atoms with E-state index in [4.69, 9.17) is 24.4 Å². The van der Waals surface area contributed by atoms with E-state index in [0.29, 0.717) is 29.8 Å². The van der Waals surface area contributed by atoms with Gasteiger partial charge in [-0.05, 0) is 18.6 Å². The fourth-order valence-corrected chi connectivity index (χ4v) is 3.21. The standard InChI is InChI=1S/C26H25N3O2/c1-3-4-17-31-21-15-16-22(23(18-21)30-2)26-28-24(19-11-7-5-8-12-19)27-25(29-26)20-13-9-6-10-14-20/h5-16,18H,3-4,17H2,1-2H3. The zero-order valence-electron chi connectivity index (χ0n) is 17.8. The summed E-state index contributed by atoms with van der Waals surface area (Å²) >= 11 is 0. The number of hydrogen-bond donors (Lipinski definition) is 0. The van der Waals surface area contributed by atoms with Crippen LogP contribution in [0.3, 0.4) is 0 Å². The molecule has 1 aromatic heterocycles. The topological polar surface area (TPSA) is 57.1 Å². The fraction of sp³-hybridized carbons (Fsp3) is 0.192. The van der Waals surface area contributed by atoms with Crippen LogP contribution in [0, 0.1) is 0 Å². The smallest absolute Gasteiger partial charge is 0.167 e. The molecule has 0 saturated carbocycles. The summed E-state index contributed by atoms with van der Waals surface area (Å²) in [6, 6.07) is 25.6. The van der Waals surface area contributed by atoms with Gasteiger partial charge in [-0.25, -0.2) is 15.0 Å². The molecule has 0 radical (unpaired) electrons. The molecule has 0 aliphatic rings. The van der Waals surface area contributed by atoms with Crippen molar-refractivity contribution in [2.45, 2.75) is 19.8 Å². The Morgan fingerprint density at radius 1 is 0.710 bits per heavy atom. The van der Waals surface area contributed by atoms with E-state index in [9.17, 15) is 0 Å². The van der Waals surface area contributed by atoms with Gasteiger partial charge in [0.25, 0.3) is 0 Å². The minimum atomic E-state index is 0.560. The molecule has 5 nitrogen and oxygen atoms in total. The maximum absolute atomic E-state index is 5.83. The summed E-state index contributed by atoms with van der Waals surface area (Å²) in [5, 5.41) is 0. The summed E-state index contributed by atoms with van der Waals surface area (Å²) in [5.74, 6) is 3.24. The van der Waals surface area contributed by atoms with Crippen LogP contribution in [0.2, 0.25) is 0 Å². The van der Waals surface area contributed by atoms with Crippen LogP contribution >= 0.6 is 0 Å². The summed E-state index contributed by atoms with van der Waals surface area (Å²) in [6.07, 6.45) is 2.10. The Hall–Kier alpha value is -3.73. The van der Waals surface area contributed by atoms with Crippen LogP contribution in [-0.4, -0.2) is 28.7 Å². The highest BCUT2D eigenvalue weighted by Gasteiger charge is 2.16. The van der Waals surface area contributed by atoms with Gasteiger partial charge in [0.1, 0.15) is 11.5 Å². The van der Waals surface area contributed by atoms with Gasteiger partial charge >= 0.3 is 0 Å². The van der Waals surface area contributed by atoms with Crippen LogP contribution in [0.1, 0.15) is 19.8 Å². The molecule has 0 saturated heterocycles. The number of hydrogen-bond acceptors (Lipinski definition) is 5. The Kier molecular flexibility index (Phi) is 6.53. The van der Waals surface area contributed by atoms with Crippen molar-refractivity contribution in [1.29, 1.82) is 0 Å². The number of nitrogens with zero attached hydrogens (tertiary/aromatic N) is 3. The van der Waals surface area contributed by atoms with Gasteiger partial charge in [-0.15, -0.1) is 0 Å². The zero-order chi connectivity index (χ0) is 21.5. The molecule has 0 atom stereocenters. The summed E-state index contributed by atoms with van der Waals surface area (Å²) in [5.41, 5.74) is 2.66. The van der Waals surface area contributed by atoms with Gasteiger partial charge in [0, 0.05) is 17.2 Å². The lowest BCUT2D eigenvalue weighted by molar-refractivity contribution is 0.307. The minimum absolute atomic E-state index is 0.560. The van der Waals surface area contributed by atoms with Gasteiger partial charge in [0.05, 0.1) is 19.3 Å². The number of unbranched alkanes of at least 4 members (excludes halogenated alkanes) is 1. The van der Waals surface area contributed by atoms with E-state index in [1.54, 1.807) is 7.11 Å². The van der Waals surface area contributed by atoms with E-state index in [0.717, 1.165) is 35.3 Å². The van der Waals surface area contributed by atoms with Gasteiger partial charge in [-0.1, -0.05) is 74.0 Å². The highest BCUT2D eigenvalue weighted by molar-refractivity contribution is 5.70. The van der Waals surface area contributed by atoms with Crippen molar-refractivity contribution in [2.75, 3.05) is 13.7 Å². The monoisotopic (exact) mass is 411 g/mol. The lowest BCUT2D eigenvalue weighted by atomic mass is 10.1. The number of ether oxygens (including phenoxy) is 2. The van der Waals surface area contributed by atoms with E-state index < -0.39 is 0 Å². The molecule has 0 bridgehead atoms. The SMILES string of the molecule is CCCCOc1ccc(-c2nc(-c3ccccc3)nc(-c3ccccc3)n2)c(OC)c1. The van der Waals surface area contributed by atoms with Crippen molar-refractivity contribution < 1.29 is 9.47 Å². The average Bonchev–Trinajstić information content (AvgIpc) is 2.85. The molecule has 0 aliphatic heterocycles. The number of rotatable bonds is 8. The normalized spacial score (nSPS) is 10.6. The maximum Gasteiger partial charge on any atom is 0.167 e. The molecule has 3 aromatic carbocycles. The molecule has 5 heteroatoms. The van der Waals surface area contributed by atoms with Crippen LogP contribution in [-0.2, 0) is 0 Å². The number of aromatic nitrogens is 3. The first-order valence-corrected chi connectivity index (χ1v) is 10.5. The third-order valence-corrected chi connectivity index (χ3v) is 4.88. The number of methoxy groups -OCH3 is 1. The predicted octanol–water partition coefficient (Wildman–Crippen LogP) is 6.06. The Bertz CT molecular complexity index is 1070. The molecule has 4 rings (SSSR count). The average molecular weight is 412 g/mol.